The van der Waals surface area contributed by atoms with E-state index in [1.807, 2.05) is 12.1 Å². The van der Waals surface area contributed by atoms with Gasteiger partial charge >= 0.3 is 0 Å². The number of methoxy groups -OCH3 is 1. The van der Waals surface area contributed by atoms with Crippen LogP contribution in [0.4, 0.5) is 5.69 Å². The minimum atomic E-state index is 0.00456. The number of nitrogens with zero attached hydrogens (tertiary/aromatic N) is 1. The first-order chi connectivity index (χ1) is 8.79. The molecule has 18 heavy (non-hydrogen) atoms. The molecule has 3 nitrogen and oxygen atoms in total. The van der Waals surface area contributed by atoms with Gasteiger partial charge in [-0.2, -0.15) is 0 Å². The van der Waals surface area contributed by atoms with E-state index < -0.39 is 0 Å². The highest BCUT2D eigenvalue weighted by atomic mass is 16.5. The fourth-order valence-electron chi connectivity index (χ4n) is 3.54. The molecule has 1 spiro atoms. The predicted octanol–water partition coefficient (Wildman–Crippen LogP) is 2.23. The van der Waals surface area contributed by atoms with Gasteiger partial charge < -0.3 is 14.4 Å². The van der Waals surface area contributed by atoms with E-state index in [-0.39, 0.29) is 5.60 Å². The summed E-state index contributed by atoms with van der Waals surface area (Å²) in [6.45, 7) is 2.09. The summed E-state index contributed by atoms with van der Waals surface area (Å²) in [6, 6.07) is 8.31. The van der Waals surface area contributed by atoms with E-state index in [0.29, 0.717) is 12.0 Å². The van der Waals surface area contributed by atoms with Crippen LogP contribution in [0, 0.1) is 5.92 Å². The summed E-state index contributed by atoms with van der Waals surface area (Å²) in [7, 11) is 1.70. The molecule has 2 fully saturated rings. The molecule has 0 N–H and O–H groups in total. The van der Waals surface area contributed by atoms with E-state index in [2.05, 4.69) is 29.2 Å². The smallest absolute Gasteiger partial charge is 0.119 e. The normalized spacial score (nSPS) is 36.2. The molecule has 1 aromatic rings. The van der Waals surface area contributed by atoms with Crippen molar-refractivity contribution in [2.24, 2.45) is 5.92 Å². The Morgan fingerprint density at radius 1 is 1.33 bits per heavy atom. The van der Waals surface area contributed by atoms with Crippen LogP contribution in [0.1, 0.15) is 6.42 Å². The van der Waals surface area contributed by atoms with E-state index >= 15 is 0 Å². The molecule has 94 valence electrons. The first-order valence-electron chi connectivity index (χ1n) is 6.55. The Balaban J connectivity index is 1.59. The van der Waals surface area contributed by atoms with Gasteiger partial charge in [0.15, 0.2) is 0 Å². The maximum absolute atomic E-state index is 6.10. The number of benzene rings is 1. The zero-order valence-electron chi connectivity index (χ0n) is 10.5. The van der Waals surface area contributed by atoms with Crippen LogP contribution in [0.3, 0.4) is 0 Å². The fourth-order valence-corrected chi connectivity index (χ4v) is 3.54. The number of fused-ring (bicyclic) bond motifs is 1. The fraction of sp³-hybridized carbons (Fsp3) is 0.467. The quantitative estimate of drug-likeness (QED) is 0.743. The highest BCUT2D eigenvalue weighted by Crippen LogP contribution is 2.48. The van der Waals surface area contributed by atoms with Crippen molar-refractivity contribution < 1.29 is 9.47 Å². The Bertz CT molecular complexity index is 496. The molecule has 0 unspecified atom stereocenters. The molecular weight excluding hydrogens is 226 g/mol. The monoisotopic (exact) mass is 243 g/mol. The molecule has 0 saturated carbocycles. The van der Waals surface area contributed by atoms with Crippen LogP contribution in [-0.2, 0) is 4.74 Å². The summed E-state index contributed by atoms with van der Waals surface area (Å²) < 4.78 is 11.3. The number of hydrogen-bond acceptors (Lipinski definition) is 3. The second kappa shape index (κ2) is 3.51. The van der Waals surface area contributed by atoms with Crippen molar-refractivity contribution in [1.29, 1.82) is 0 Å². The predicted molar refractivity (Wildman–Crippen MR) is 70.1 cm³/mol. The lowest BCUT2D eigenvalue weighted by Crippen LogP contribution is -2.33. The van der Waals surface area contributed by atoms with Gasteiger partial charge in [0.25, 0.3) is 0 Å². The average molecular weight is 243 g/mol. The van der Waals surface area contributed by atoms with Crippen molar-refractivity contribution in [2.45, 2.75) is 18.1 Å². The lowest BCUT2D eigenvalue weighted by Gasteiger charge is -2.23. The molecule has 1 aromatic carbocycles. The standard InChI is InChI=1S/C15H17NO2/c1-17-13-4-2-12(3-5-13)16-9-11-8-14-6-7-15(11,10-16)18-14/h2-7,11,14H,8-10H2,1H3/t11-,14+,15+/m1/s1. The molecule has 0 radical (unpaired) electrons. The van der Waals surface area contributed by atoms with Crippen molar-refractivity contribution in [3.63, 3.8) is 0 Å². The van der Waals surface area contributed by atoms with Gasteiger partial charge in [-0.05, 0) is 30.7 Å². The molecule has 3 aliphatic rings. The van der Waals surface area contributed by atoms with Crippen LogP contribution in [0.25, 0.3) is 0 Å². The Labute approximate surface area is 107 Å². The Hall–Kier alpha value is -1.48. The second-order valence-electron chi connectivity index (χ2n) is 5.48. The van der Waals surface area contributed by atoms with Crippen LogP contribution in [0.2, 0.25) is 0 Å². The van der Waals surface area contributed by atoms with Crippen molar-refractivity contribution in [3.8, 4) is 5.75 Å². The van der Waals surface area contributed by atoms with E-state index in [0.717, 1.165) is 18.8 Å². The number of ether oxygens (including phenoxy) is 2. The maximum Gasteiger partial charge on any atom is 0.119 e. The van der Waals surface area contributed by atoms with Gasteiger partial charge in [0.05, 0.1) is 19.8 Å². The van der Waals surface area contributed by atoms with Gasteiger partial charge in [-0.3, -0.25) is 0 Å². The summed E-state index contributed by atoms with van der Waals surface area (Å²) in [5.41, 5.74) is 1.27. The number of anilines is 1. The van der Waals surface area contributed by atoms with E-state index in [9.17, 15) is 0 Å². The van der Waals surface area contributed by atoms with E-state index in [1.54, 1.807) is 7.11 Å². The van der Waals surface area contributed by atoms with Crippen molar-refractivity contribution in [2.75, 3.05) is 25.1 Å². The molecule has 2 saturated heterocycles. The summed E-state index contributed by atoms with van der Waals surface area (Å²) in [5, 5.41) is 0. The van der Waals surface area contributed by atoms with Crippen LogP contribution in [-0.4, -0.2) is 31.9 Å². The van der Waals surface area contributed by atoms with Crippen molar-refractivity contribution in [3.05, 3.63) is 36.4 Å². The van der Waals surface area contributed by atoms with Crippen molar-refractivity contribution in [1.82, 2.24) is 0 Å². The van der Waals surface area contributed by atoms with Crippen LogP contribution >= 0.6 is 0 Å². The SMILES string of the molecule is COc1ccc(N2C[C@H]3C[C@@H]4C=C[C@@]3(C2)O4)cc1. The zero-order chi connectivity index (χ0) is 12.2. The third-order valence-electron chi connectivity index (χ3n) is 4.49. The topological polar surface area (TPSA) is 21.7 Å². The van der Waals surface area contributed by atoms with Gasteiger partial charge in [-0.15, -0.1) is 0 Å². The highest BCUT2D eigenvalue weighted by molar-refractivity contribution is 5.52. The van der Waals surface area contributed by atoms with E-state index in [4.69, 9.17) is 9.47 Å². The first kappa shape index (κ1) is 10.4. The molecule has 3 aliphatic heterocycles. The Kier molecular flexibility index (Phi) is 2.04. The van der Waals surface area contributed by atoms with Gasteiger partial charge in [0.2, 0.25) is 0 Å². The number of hydrogen-bond donors (Lipinski definition) is 0. The first-order valence-corrected chi connectivity index (χ1v) is 6.55. The van der Waals surface area contributed by atoms with Crippen LogP contribution in [0.15, 0.2) is 36.4 Å². The maximum atomic E-state index is 6.10. The molecule has 0 aromatic heterocycles. The Morgan fingerprint density at radius 3 is 2.83 bits per heavy atom. The Morgan fingerprint density at radius 2 is 2.17 bits per heavy atom. The number of rotatable bonds is 2. The molecule has 3 heterocycles. The summed E-state index contributed by atoms with van der Waals surface area (Å²) >= 11 is 0. The third-order valence-corrected chi connectivity index (χ3v) is 4.49. The van der Waals surface area contributed by atoms with Gasteiger partial charge in [-0.25, -0.2) is 0 Å². The average Bonchev–Trinajstić information content (AvgIpc) is 3.05. The van der Waals surface area contributed by atoms with Crippen molar-refractivity contribution >= 4 is 5.69 Å². The zero-order valence-corrected chi connectivity index (χ0v) is 10.5. The molecular formula is C15H17NO2. The summed E-state index contributed by atoms with van der Waals surface area (Å²) in [4.78, 5) is 2.43. The summed E-state index contributed by atoms with van der Waals surface area (Å²) in [5.74, 6) is 1.57. The third kappa shape index (κ3) is 1.34. The minimum Gasteiger partial charge on any atom is -0.497 e. The molecule has 2 bridgehead atoms. The minimum absolute atomic E-state index is 0.00456. The molecule has 3 atom stereocenters. The summed E-state index contributed by atoms with van der Waals surface area (Å²) in [6.07, 6.45) is 6.08. The van der Waals surface area contributed by atoms with Gasteiger partial charge in [-0.1, -0.05) is 12.2 Å². The van der Waals surface area contributed by atoms with Crippen LogP contribution in [0.5, 0.6) is 5.75 Å². The highest BCUT2D eigenvalue weighted by Gasteiger charge is 2.55. The van der Waals surface area contributed by atoms with Crippen LogP contribution < -0.4 is 9.64 Å². The lowest BCUT2D eigenvalue weighted by atomic mass is 9.86. The second-order valence-corrected chi connectivity index (χ2v) is 5.48. The van der Waals surface area contributed by atoms with Gasteiger partial charge in [0.1, 0.15) is 11.4 Å². The molecule has 3 heteroatoms. The lowest BCUT2D eigenvalue weighted by molar-refractivity contribution is 0.0351. The largest absolute Gasteiger partial charge is 0.497 e. The molecule has 4 rings (SSSR count). The molecule has 0 aliphatic carbocycles. The van der Waals surface area contributed by atoms with E-state index in [1.165, 1.54) is 12.1 Å². The molecule has 0 amide bonds. The van der Waals surface area contributed by atoms with Gasteiger partial charge in [0, 0.05) is 18.2 Å².